The fourth-order valence-corrected chi connectivity index (χ4v) is 1.18. The average Bonchev–Trinajstić information content (AvgIpc) is 2.47. The Hall–Kier alpha value is -1.24. The van der Waals surface area contributed by atoms with Crippen molar-refractivity contribution in [3.63, 3.8) is 0 Å². The molecule has 2 rings (SSSR count). The molecule has 0 aliphatic carbocycles. The van der Waals surface area contributed by atoms with Gasteiger partial charge in [0.05, 0.1) is 5.71 Å². The van der Waals surface area contributed by atoms with Gasteiger partial charge in [-0.15, -0.1) is 10.2 Å². The third-order valence-corrected chi connectivity index (χ3v) is 2.71. The van der Waals surface area contributed by atoms with E-state index in [4.69, 9.17) is 0 Å². The van der Waals surface area contributed by atoms with Crippen LogP contribution in [0.1, 0.15) is 6.92 Å². The molecular formula is C6H6BrN5O. The van der Waals surface area contributed by atoms with Crippen molar-refractivity contribution in [2.45, 2.75) is 11.8 Å². The second-order valence-electron chi connectivity index (χ2n) is 2.59. The molecule has 1 aliphatic heterocycles. The van der Waals surface area contributed by atoms with Crippen LogP contribution < -0.4 is 5.32 Å². The van der Waals surface area contributed by atoms with Crippen LogP contribution in [0.3, 0.4) is 0 Å². The second-order valence-corrected chi connectivity index (χ2v) is 3.51. The molecule has 0 saturated carbocycles. The van der Waals surface area contributed by atoms with Crippen LogP contribution in [-0.4, -0.2) is 31.3 Å². The van der Waals surface area contributed by atoms with Gasteiger partial charge in [0.1, 0.15) is 11.2 Å². The summed E-state index contributed by atoms with van der Waals surface area (Å²) < 4.78 is 1.43. The van der Waals surface area contributed by atoms with Crippen molar-refractivity contribution in [3.8, 4) is 0 Å². The van der Waals surface area contributed by atoms with Crippen LogP contribution in [0, 0.1) is 0 Å². The number of fused-ring (bicyclic) bond motifs is 1. The van der Waals surface area contributed by atoms with E-state index in [1.807, 2.05) is 0 Å². The van der Waals surface area contributed by atoms with E-state index in [9.17, 15) is 4.79 Å². The lowest BCUT2D eigenvalue weighted by Crippen LogP contribution is -2.27. The molecule has 0 saturated heterocycles. The van der Waals surface area contributed by atoms with Gasteiger partial charge in [-0.05, 0) is 6.92 Å². The van der Waals surface area contributed by atoms with Gasteiger partial charge in [-0.1, -0.05) is 15.9 Å². The molecule has 0 radical (unpaired) electrons. The number of carbonyl (C=O) groups is 1. The largest absolute Gasteiger partial charge is 0.292 e. The van der Waals surface area contributed by atoms with Gasteiger partial charge in [-0.25, -0.2) is 0 Å². The normalized spacial score (nSPS) is 21.5. The summed E-state index contributed by atoms with van der Waals surface area (Å²) in [6, 6.07) is 0. The molecule has 0 spiro atoms. The van der Waals surface area contributed by atoms with Gasteiger partial charge in [0.2, 0.25) is 5.91 Å². The summed E-state index contributed by atoms with van der Waals surface area (Å²) in [4.78, 5) is 11.0. The van der Waals surface area contributed by atoms with Crippen molar-refractivity contribution < 1.29 is 4.79 Å². The van der Waals surface area contributed by atoms with Crippen molar-refractivity contribution in [2.24, 2.45) is 5.10 Å². The zero-order chi connectivity index (χ0) is 9.42. The molecule has 1 atom stereocenters. The molecule has 1 amide bonds. The Bertz CT molecular complexity index is 384. The summed E-state index contributed by atoms with van der Waals surface area (Å²) >= 11 is 3.21. The number of anilines is 1. The van der Waals surface area contributed by atoms with E-state index in [0.29, 0.717) is 11.7 Å². The fourth-order valence-electron chi connectivity index (χ4n) is 0.969. The lowest BCUT2D eigenvalue weighted by Gasteiger charge is -2.02. The molecule has 1 aromatic rings. The maximum Gasteiger partial charge on any atom is 0.252 e. The minimum Gasteiger partial charge on any atom is -0.292 e. The molecule has 0 fully saturated rings. The monoisotopic (exact) mass is 243 g/mol. The molecule has 7 heteroatoms. The summed E-state index contributed by atoms with van der Waals surface area (Å²) in [5.41, 5.74) is 0.663. The van der Waals surface area contributed by atoms with E-state index < -0.39 is 4.83 Å². The van der Waals surface area contributed by atoms with Crippen LogP contribution in [-0.2, 0) is 4.79 Å². The smallest absolute Gasteiger partial charge is 0.252 e. The van der Waals surface area contributed by atoms with E-state index in [-0.39, 0.29) is 5.91 Å². The third kappa shape index (κ3) is 1.35. The molecule has 1 aromatic heterocycles. The minimum atomic E-state index is -0.408. The minimum absolute atomic E-state index is 0.187. The highest BCUT2D eigenvalue weighted by Crippen LogP contribution is 2.13. The average molecular weight is 244 g/mol. The van der Waals surface area contributed by atoms with Crippen molar-refractivity contribution >= 4 is 33.5 Å². The molecule has 0 bridgehead atoms. The fraction of sp³-hybridized carbons (Fsp3) is 0.333. The van der Waals surface area contributed by atoms with Crippen LogP contribution in [0.5, 0.6) is 0 Å². The Morgan fingerprint density at radius 2 is 2.46 bits per heavy atom. The van der Waals surface area contributed by atoms with E-state index in [1.54, 1.807) is 6.92 Å². The number of amides is 1. The number of nitrogens with zero attached hydrogens (tertiary/aromatic N) is 4. The van der Waals surface area contributed by atoms with Gasteiger partial charge in [-0.3, -0.25) is 10.1 Å². The van der Waals surface area contributed by atoms with Crippen molar-refractivity contribution in [2.75, 3.05) is 5.32 Å². The summed E-state index contributed by atoms with van der Waals surface area (Å²) in [5, 5.41) is 14.0. The quantitative estimate of drug-likeness (QED) is 0.663. The predicted molar refractivity (Wildman–Crippen MR) is 49.9 cm³/mol. The van der Waals surface area contributed by atoms with Crippen molar-refractivity contribution in [1.29, 1.82) is 0 Å². The number of halogens is 1. The number of nitrogens with one attached hydrogen (secondary N) is 1. The molecule has 68 valence electrons. The van der Waals surface area contributed by atoms with Gasteiger partial charge in [0.15, 0.2) is 0 Å². The zero-order valence-corrected chi connectivity index (χ0v) is 8.32. The first-order chi connectivity index (χ1) is 6.18. The summed E-state index contributed by atoms with van der Waals surface area (Å²) in [7, 11) is 0. The summed E-state index contributed by atoms with van der Waals surface area (Å²) in [6.07, 6.45) is 1.43. The lowest BCUT2D eigenvalue weighted by molar-refractivity contribution is -0.114. The highest BCUT2D eigenvalue weighted by atomic mass is 79.9. The number of alkyl halides is 1. The first-order valence-electron chi connectivity index (χ1n) is 3.59. The Morgan fingerprint density at radius 1 is 1.69 bits per heavy atom. The Kier molecular flexibility index (Phi) is 1.87. The third-order valence-electron chi connectivity index (χ3n) is 1.63. The Labute approximate surface area is 82.2 Å². The molecule has 1 unspecified atom stereocenters. The maximum atomic E-state index is 11.4. The van der Waals surface area contributed by atoms with E-state index in [1.165, 1.54) is 11.0 Å². The van der Waals surface area contributed by atoms with Gasteiger partial charge < -0.3 is 0 Å². The van der Waals surface area contributed by atoms with Gasteiger partial charge in [0, 0.05) is 0 Å². The first-order valence-corrected chi connectivity index (χ1v) is 4.50. The van der Waals surface area contributed by atoms with Gasteiger partial charge in [-0.2, -0.15) is 9.78 Å². The number of hydrogen-bond donors (Lipinski definition) is 1. The van der Waals surface area contributed by atoms with Gasteiger partial charge >= 0.3 is 0 Å². The first kappa shape index (κ1) is 8.36. The molecule has 2 heterocycles. The predicted octanol–water partition coefficient (Wildman–Crippen LogP) is 0.218. The van der Waals surface area contributed by atoms with Crippen molar-refractivity contribution in [1.82, 2.24) is 14.9 Å². The molecule has 1 N–H and O–H groups in total. The van der Waals surface area contributed by atoms with Crippen LogP contribution in [0.4, 0.5) is 5.95 Å². The van der Waals surface area contributed by atoms with Crippen LogP contribution in [0.25, 0.3) is 0 Å². The summed E-state index contributed by atoms with van der Waals surface area (Å²) in [6.45, 7) is 1.76. The number of aromatic nitrogens is 3. The highest BCUT2D eigenvalue weighted by molar-refractivity contribution is 9.10. The van der Waals surface area contributed by atoms with Crippen LogP contribution in [0.2, 0.25) is 0 Å². The second kappa shape index (κ2) is 2.91. The van der Waals surface area contributed by atoms with E-state index in [0.717, 1.165) is 0 Å². The topological polar surface area (TPSA) is 72.2 Å². The molecule has 1 aliphatic rings. The van der Waals surface area contributed by atoms with Crippen LogP contribution in [0.15, 0.2) is 11.4 Å². The van der Waals surface area contributed by atoms with E-state index >= 15 is 0 Å². The number of carbonyl (C=O) groups excluding carboxylic acids is 1. The Balaban J connectivity index is 2.50. The standard InChI is InChI=1S/C6H6BrN5O/c1-3-4(7)5(13)9-6-10-8-2-12(6)11-3/h2,4H,1H3,(H,9,10,13). The molecule has 0 aromatic carbocycles. The maximum absolute atomic E-state index is 11.4. The van der Waals surface area contributed by atoms with E-state index in [2.05, 4.69) is 36.5 Å². The van der Waals surface area contributed by atoms with Crippen LogP contribution >= 0.6 is 15.9 Å². The van der Waals surface area contributed by atoms with Crippen molar-refractivity contribution in [3.05, 3.63) is 6.33 Å². The lowest BCUT2D eigenvalue weighted by atomic mass is 10.3. The Morgan fingerprint density at radius 3 is 3.23 bits per heavy atom. The molecule has 6 nitrogen and oxygen atoms in total. The number of rotatable bonds is 0. The molecular weight excluding hydrogens is 238 g/mol. The number of hydrogen-bond acceptors (Lipinski definition) is 4. The summed E-state index contributed by atoms with van der Waals surface area (Å²) in [5.74, 6) is 0.152. The SMILES string of the molecule is CC1=Nn2cnnc2NC(=O)C1Br. The van der Waals surface area contributed by atoms with Gasteiger partial charge in [0.25, 0.3) is 5.95 Å². The zero-order valence-electron chi connectivity index (χ0n) is 6.73. The molecule has 13 heavy (non-hydrogen) atoms. The highest BCUT2D eigenvalue weighted by Gasteiger charge is 2.23.